The van der Waals surface area contributed by atoms with E-state index in [-0.39, 0.29) is 5.41 Å². The summed E-state index contributed by atoms with van der Waals surface area (Å²) in [6, 6.07) is 1.31. The number of nitrogens with one attached hydrogen (secondary N) is 2. The predicted octanol–water partition coefficient (Wildman–Crippen LogP) is 5.83. The molecule has 1 spiro atoms. The van der Waals surface area contributed by atoms with Crippen LogP contribution in [0.5, 0.6) is 0 Å². The van der Waals surface area contributed by atoms with Crippen LogP contribution in [0.25, 0.3) is 27.1 Å². The first-order chi connectivity index (χ1) is 18.8. The van der Waals surface area contributed by atoms with E-state index in [1.165, 1.54) is 63.1 Å². The first-order valence-electron chi connectivity index (χ1n) is 14.7. The largest absolute Gasteiger partial charge is 0.356 e. The Morgan fingerprint density at radius 3 is 2.62 bits per heavy atom. The molecule has 204 valence electrons. The molecule has 1 unspecified atom stereocenters. The van der Waals surface area contributed by atoms with E-state index in [0.29, 0.717) is 29.8 Å². The lowest BCUT2D eigenvalue weighted by molar-refractivity contribution is -0.136. The molecule has 0 radical (unpaired) electrons. The fourth-order valence-electron chi connectivity index (χ4n) is 8.79. The molecule has 4 aromatic rings. The summed E-state index contributed by atoms with van der Waals surface area (Å²) in [5.41, 5.74) is 8.75. The van der Waals surface area contributed by atoms with Crippen LogP contribution in [0.3, 0.4) is 0 Å². The van der Waals surface area contributed by atoms with Gasteiger partial charge in [-0.3, -0.25) is 9.69 Å². The smallest absolute Gasteiger partial charge is 0.226 e. The summed E-state index contributed by atoms with van der Waals surface area (Å²) in [6.45, 7) is 13.5. The van der Waals surface area contributed by atoms with Gasteiger partial charge in [-0.2, -0.15) is 5.10 Å². The molecule has 2 aliphatic carbocycles. The van der Waals surface area contributed by atoms with Crippen molar-refractivity contribution < 1.29 is 4.79 Å². The van der Waals surface area contributed by atoms with Gasteiger partial charge in [0.25, 0.3) is 0 Å². The molecule has 8 heteroatoms. The standard InChI is InChI=1S/C31H38N6OS/c1-15(2)24-25-18(5)27(39-29(25)35-26(24)23-13-37-28(33-14-34-37)17(4)16(23)3)22-9-20-8-19(22)12-36(20)21-10-31(11-21)6-7-32-30(31)38/h13-15,19-22,35H,6-12H2,1-5H3,(H,32,38)/t19-,20?,21-,22+,31-/m0/s1. The fraction of sp³-hybridized carbons (Fsp3) is 0.581. The molecule has 2 bridgehead atoms. The van der Waals surface area contributed by atoms with Crippen molar-refractivity contribution in [1.82, 2.24) is 29.8 Å². The number of carbonyl (C=O) groups is 1. The fourth-order valence-corrected chi connectivity index (χ4v) is 10.2. The zero-order valence-electron chi connectivity index (χ0n) is 23.6. The quantitative estimate of drug-likeness (QED) is 0.340. The van der Waals surface area contributed by atoms with E-state index in [1.54, 1.807) is 11.2 Å². The van der Waals surface area contributed by atoms with Crippen LogP contribution < -0.4 is 5.32 Å². The normalized spacial score (nSPS) is 30.5. The zero-order valence-corrected chi connectivity index (χ0v) is 24.4. The third kappa shape index (κ3) is 3.22. The highest BCUT2D eigenvalue weighted by atomic mass is 32.1. The molecule has 4 fully saturated rings. The van der Waals surface area contributed by atoms with Gasteiger partial charge in [-0.25, -0.2) is 9.50 Å². The minimum Gasteiger partial charge on any atom is -0.356 e. The summed E-state index contributed by atoms with van der Waals surface area (Å²) in [4.78, 5) is 26.4. The first kappa shape index (κ1) is 24.1. The highest BCUT2D eigenvalue weighted by Crippen LogP contribution is 2.57. The minimum atomic E-state index is -0.0324. The van der Waals surface area contributed by atoms with Crippen molar-refractivity contribution in [2.45, 2.75) is 90.6 Å². The molecule has 3 atom stereocenters. The SMILES string of the molecule is Cc1c(-c2[nH]c3sc([C@@H]4CC5C[C@H]4CN5[C@H]4C[C@@]5(CCNC5=O)C4)c(C)c3c2C(C)C)cn2ncnc2c1C. The number of pyridine rings is 1. The number of likely N-dealkylation sites (tertiary alicyclic amines) is 1. The second-order valence-corrected chi connectivity index (χ2v) is 14.3. The Hall–Kier alpha value is -2.71. The van der Waals surface area contributed by atoms with Gasteiger partial charge in [-0.05, 0) is 92.9 Å². The number of rotatable bonds is 4. The van der Waals surface area contributed by atoms with Crippen LogP contribution in [0.1, 0.15) is 84.9 Å². The van der Waals surface area contributed by atoms with Crippen molar-refractivity contribution in [2.24, 2.45) is 11.3 Å². The second kappa shape index (κ2) is 8.16. The lowest BCUT2D eigenvalue weighted by Gasteiger charge is -2.50. The lowest BCUT2D eigenvalue weighted by Crippen LogP contribution is -2.56. The Morgan fingerprint density at radius 1 is 1.10 bits per heavy atom. The number of amides is 1. The summed E-state index contributed by atoms with van der Waals surface area (Å²) in [7, 11) is 0. The van der Waals surface area contributed by atoms with Crippen molar-refractivity contribution >= 4 is 33.1 Å². The van der Waals surface area contributed by atoms with Gasteiger partial charge in [0.05, 0.1) is 11.1 Å². The van der Waals surface area contributed by atoms with Crippen LogP contribution in [0, 0.1) is 32.1 Å². The topological polar surface area (TPSA) is 78.3 Å². The van der Waals surface area contributed by atoms with Gasteiger partial charge in [-0.1, -0.05) is 13.8 Å². The summed E-state index contributed by atoms with van der Waals surface area (Å²) in [6.07, 6.45) is 9.58. The maximum atomic E-state index is 12.4. The van der Waals surface area contributed by atoms with Gasteiger partial charge in [0.1, 0.15) is 11.2 Å². The molecular formula is C31H38N6OS. The zero-order chi connectivity index (χ0) is 26.8. The molecule has 8 rings (SSSR count). The van der Waals surface area contributed by atoms with E-state index in [4.69, 9.17) is 0 Å². The average molecular weight is 543 g/mol. The number of thiophene rings is 1. The van der Waals surface area contributed by atoms with Crippen LogP contribution in [0.15, 0.2) is 12.5 Å². The van der Waals surface area contributed by atoms with Crippen molar-refractivity contribution in [2.75, 3.05) is 13.1 Å². The predicted molar refractivity (Wildman–Crippen MR) is 155 cm³/mol. The van der Waals surface area contributed by atoms with Gasteiger partial charge >= 0.3 is 0 Å². The number of aryl methyl sites for hydroxylation is 2. The van der Waals surface area contributed by atoms with Gasteiger partial charge in [0, 0.05) is 47.2 Å². The highest BCUT2D eigenvalue weighted by molar-refractivity contribution is 7.19. The monoisotopic (exact) mass is 542 g/mol. The molecule has 2 saturated carbocycles. The second-order valence-electron chi connectivity index (χ2n) is 13.2. The van der Waals surface area contributed by atoms with E-state index < -0.39 is 0 Å². The van der Waals surface area contributed by atoms with Crippen LogP contribution in [0.2, 0.25) is 0 Å². The third-order valence-electron chi connectivity index (χ3n) is 10.9. The van der Waals surface area contributed by atoms with Crippen LogP contribution in [0.4, 0.5) is 0 Å². The van der Waals surface area contributed by atoms with Crippen LogP contribution in [-0.4, -0.2) is 55.6 Å². The number of H-pyrrole nitrogens is 1. The minimum absolute atomic E-state index is 0.0324. The van der Waals surface area contributed by atoms with Gasteiger partial charge in [-0.15, -0.1) is 11.3 Å². The molecule has 4 aliphatic rings. The number of aromatic amines is 1. The number of hydrogen-bond donors (Lipinski definition) is 2. The number of nitrogens with zero attached hydrogens (tertiary/aromatic N) is 4. The number of fused-ring (bicyclic) bond motifs is 4. The van der Waals surface area contributed by atoms with Gasteiger partial charge in [0.15, 0.2) is 5.65 Å². The number of hydrogen-bond acceptors (Lipinski definition) is 5. The van der Waals surface area contributed by atoms with E-state index in [2.05, 4.69) is 66.1 Å². The number of aromatic nitrogens is 4. The molecule has 6 heterocycles. The first-order valence-corrected chi connectivity index (χ1v) is 15.6. The summed E-state index contributed by atoms with van der Waals surface area (Å²) in [5, 5.41) is 8.98. The number of piperidine rings is 1. The molecule has 2 saturated heterocycles. The van der Waals surface area contributed by atoms with Crippen molar-refractivity contribution in [3.05, 3.63) is 39.7 Å². The van der Waals surface area contributed by atoms with E-state index in [0.717, 1.165) is 37.4 Å². The van der Waals surface area contributed by atoms with E-state index in [1.807, 2.05) is 15.9 Å². The molecule has 39 heavy (non-hydrogen) atoms. The highest BCUT2D eigenvalue weighted by Gasteiger charge is 2.57. The molecule has 1 amide bonds. The summed E-state index contributed by atoms with van der Waals surface area (Å²) >= 11 is 2.01. The Bertz CT molecular complexity index is 1650. The average Bonchev–Trinajstić information content (AvgIpc) is 3.70. The Labute approximate surface area is 233 Å². The van der Waals surface area contributed by atoms with Crippen LogP contribution >= 0.6 is 11.3 Å². The third-order valence-corrected chi connectivity index (χ3v) is 12.3. The van der Waals surface area contributed by atoms with Gasteiger partial charge in [0.2, 0.25) is 5.91 Å². The summed E-state index contributed by atoms with van der Waals surface area (Å²) < 4.78 is 1.92. The van der Waals surface area contributed by atoms with Gasteiger partial charge < -0.3 is 10.3 Å². The van der Waals surface area contributed by atoms with Crippen molar-refractivity contribution in [3.8, 4) is 11.3 Å². The van der Waals surface area contributed by atoms with E-state index >= 15 is 0 Å². The number of carbonyl (C=O) groups excluding carboxylic acids is 1. The van der Waals surface area contributed by atoms with Crippen LogP contribution in [-0.2, 0) is 4.79 Å². The molecule has 2 aliphatic heterocycles. The molecule has 7 nitrogen and oxygen atoms in total. The molecule has 4 aromatic heterocycles. The van der Waals surface area contributed by atoms with Crippen molar-refractivity contribution in [1.29, 1.82) is 0 Å². The molecule has 2 N–H and O–H groups in total. The summed E-state index contributed by atoms with van der Waals surface area (Å²) in [5.74, 6) is 2.14. The molecule has 0 aromatic carbocycles. The van der Waals surface area contributed by atoms with E-state index in [9.17, 15) is 4.79 Å². The Kier molecular flexibility index (Phi) is 5.05. The van der Waals surface area contributed by atoms with Crippen molar-refractivity contribution in [3.63, 3.8) is 0 Å². The lowest BCUT2D eigenvalue weighted by atomic mass is 9.63. The molecular weight excluding hydrogens is 504 g/mol. The Morgan fingerprint density at radius 2 is 1.92 bits per heavy atom. The maximum Gasteiger partial charge on any atom is 0.226 e. The maximum absolute atomic E-state index is 12.4. The Balaban J connectivity index is 1.10.